The summed E-state index contributed by atoms with van der Waals surface area (Å²) in [5.74, 6) is -0.00891. The van der Waals surface area contributed by atoms with Crippen molar-refractivity contribution in [3.05, 3.63) is 29.3 Å². The van der Waals surface area contributed by atoms with Gasteiger partial charge in [-0.3, -0.25) is 4.79 Å². The average Bonchev–Trinajstić information content (AvgIpc) is 2.57. The number of anilines is 1. The third-order valence-electron chi connectivity index (χ3n) is 3.92. The minimum atomic E-state index is -0.00891. The molecule has 1 aliphatic rings. The molecule has 1 unspecified atom stereocenters. The number of nitrogens with two attached hydrogens (primary N) is 1. The van der Waals surface area contributed by atoms with Crippen molar-refractivity contribution < 1.29 is 4.79 Å². The maximum absolute atomic E-state index is 12.2. The van der Waals surface area contributed by atoms with Crippen LogP contribution in [0.4, 0.5) is 5.69 Å². The van der Waals surface area contributed by atoms with Gasteiger partial charge in [-0.05, 0) is 48.9 Å². The van der Waals surface area contributed by atoms with E-state index in [1.165, 1.54) is 12.8 Å². The van der Waals surface area contributed by atoms with Gasteiger partial charge >= 0.3 is 0 Å². The topological polar surface area (TPSA) is 55.1 Å². The quantitative estimate of drug-likeness (QED) is 0.788. The molecule has 1 atom stereocenters. The molecule has 0 radical (unpaired) electrons. The van der Waals surface area contributed by atoms with Crippen LogP contribution < -0.4 is 11.1 Å². The normalized spacial score (nSPS) is 21.8. The number of aryl methyl sites for hydroxylation is 1. The van der Waals surface area contributed by atoms with Gasteiger partial charge in [-0.2, -0.15) is 0 Å². The highest BCUT2D eigenvalue weighted by Gasteiger charge is 2.35. The van der Waals surface area contributed by atoms with Gasteiger partial charge in [-0.15, -0.1) is 0 Å². The molecule has 0 aromatic heterocycles. The molecule has 0 saturated heterocycles. The van der Waals surface area contributed by atoms with Gasteiger partial charge in [0.15, 0.2) is 0 Å². The molecule has 1 aliphatic carbocycles. The molecule has 3 heteroatoms. The second kappa shape index (κ2) is 4.63. The summed E-state index contributed by atoms with van der Waals surface area (Å²) in [7, 11) is 0. The van der Waals surface area contributed by atoms with Crippen LogP contribution in [0.2, 0.25) is 0 Å². The number of nitrogens with one attached hydrogen (secondary N) is 1. The molecule has 98 valence electrons. The number of hydrogen-bond donors (Lipinski definition) is 2. The molecule has 1 fully saturated rings. The maximum Gasteiger partial charge on any atom is 0.251 e. The molecule has 0 aliphatic heterocycles. The van der Waals surface area contributed by atoms with Gasteiger partial charge in [0.1, 0.15) is 0 Å². The molecule has 0 bridgehead atoms. The predicted molar refractivity (Wildman–Crippen MR) is 74.5 cm³/mol. The molecule has 2 rings (SSSR count). The standard InChI is InChI=1S/C15H22N2O/c1-10-7-11(9-12(16)8-10)14(18)17-13-5-4-6-15(13,2)3/h7-9,13H,4-6,16H2,1-3H3,(H,17,18). The molecule has 18 heavy (non-hydrogen) atoms. The van der Waals surface area contributed by atoms with E-state index in [9.17, 15) is 4.79 Å². The van der Waals surface area contributed by atoms with E-state index in [2.05, 4.69) is 19.2 Å². The van der Waals surface area contributed by atoms with E-state index in [0.29, 0.717) is 11.3 Å². The smallest absolute Gasteiger partial charge is 0.251 e. The Balaban J connectivity index is 2.12. The van der Waals surface area contributed by atoms with Crippen molar-refractivity contribution in [2.75, 3.05) is 5.73 Å². The Labute approximate surface area is 109 Å². The van der Waals surface area contributed by atoms with Gasteiger partial charge in [0.05, 0.1) is 0 Å². The van der Waals surface area contributed by atoms with Crippen molar-refractivity contribution in [3.8, 4) is 0 Å². The highest BCUT2D eigenvalue weighted by atomic mass is 16.1. The second-order valence-electron chi connectivity index (χ2n) is 6.04. The highest BCUT2D eigenvalue weighted by molar-refractivity contribution is 5.95. The van der Waals surface area contributed by atoms with Crippen LogP contribution in [0.25, 0.3) is 0 Å². The molecule has 0 spiro atoms. The van der Waals surface area contributed by atoms with E-state index in [4.69, 9.17) is 5.73 Å². The summed E-state index contributed by atoms with van der Waals surface area (Å²) in [5, 5.41) is 3.15. The van der Waals surface area contributed by atoms with Crippen LogP contribution in [0.15, 0.2) is 18.2 Å². The number of carbonyl (C=O) groups is 1. The summed E-state index contributed by atoms with van der Waals surface area (Å²) in [6.07, 6.45) is 3.43. The van der Waals surface area contributed by atoms with Gasteiger partial charge in [-0.25, -0.2) is 0 Å². The number of hydrogen-bond acceptors (Lipinski definition) is 2. The van der Waals surface area contributed by atoms with Crippen molar-refractivity contribution in [1.82, 2.24) is 5.32 Å². The van der Waals surface area contributed by atoms with Gasteiger partial charge in [-0.1, -0.05) is 20.3 Å². The fourth-order valence-electron chi connectivity index (χ4n) is 2.78. The predicted octanol–water partition coefficient (Wildman–Crippen LogP) is 2.89. The zero-order chi connectivity index (χ0) is 13.3. The lowest BCUT2D eigenvalue weighted by Gasteiger charge is -2.27. The summed E-state index contributed by atoms with van der Waals surface area (Å²) < 4.78 is 0. The molecular weight excluding hydrogens is 224 g/mol. The SMILES string of the molecule is Cc1cc(N)cc(C(=O)NC2CCCC2(C)C)c1. The second-order valence-corrected chi connectivity index (χ2v) is 6.04. The molecule has 3 nitrogen and oxygen atoms in total. The number of rotatable bonds is 2. The lowest BCUT2D eigenvalue weighted by atomic mass is 9.87. The fraction of sp³-hybridized carbons (Fsp3) is 0.533. The molecule has 3 N–H and O–H groups in total. The van der Waals surface area contributed by atoms with Gasteiger partial charge in [0.25, 0.3) is 5.91 Å². The monoisotopic (exact) mass is 246 g/mol. The van der Waals surface area contributed by atoms with E-state index in [-0.39, 0.29) is 17.4 Å². The van der Waals surface area contributed by atoms with Crippen LogP contribution in [0, 0.1) is 12.3 Å². The van der Waals surface area contributed by atoms with Crippen LogP contribution in [-0.4, -0.2) is 11.9 Å². The summed E-state index contributed by atoms with van der Waals surface area (Å²) in [6.45, 7) is 6.39. The Kier molecular flexibility index (Phi) is 3.33. The minimum absolute atomic E-state index is 0.00891. The highest BCUT2D eigenvalue weighted by Crippen LogP contribution is 2.37. The third kappa shape index (κ3) is 2.66. The van der Waals surface area contributed by atoms with Crippen LogP contribution in [-0.2, 0) is 0 Å². The zero-order valence-corrected chi connectivity index (χ0v) is 11.4. The molecule has 1 saturated carbocycles. The first-order chi connectivity index (χ1) is 8.38. The van der Waals surface area contributed by atoms with E-state index in [1.807, 2.05) is 19.1 Å². The largest absolute Gasteiger partial charge is 0.399 e. The van der Waals surface area contributed by atoms with E-state index in [1.54, 1.807) is 6.07 Å². The summed E-state index contributed by atoms with van der Waals surface area (Å²) in [6, 6.07) is 5.76. The molecule has 1 aromatic carbocycles. The average molecular weight is 246 g/mol. The fourth-order valence-corrected chi connectivity index (χ4v) is 2.78. The van der Waals surface area contributed by atoms with Crippen molar-refractivity contribution in [2.24, 2.45) is 5.41 Å². The summed E-state index contributed by atoms with van der Waals surface area (Å²) >= 11 is 0. The number of amides is 1. The first kappa shape index (κ1) is 12.9. The van der Waals surface area contributed by atoms with Crippen molar-refractivity contribution >= 4 is 11.6 Å². The Morgan fingerprint density at radius 2 is 2.11 bits per heavy atom. The van der Waals surface area contributed by atoms with Crippen LogP contribution in [0.5, 0.6) is 0 Å². The molecular formula is C15H22N2O. The van der Waals surface area contributed by atoms with Crippen LogP contribution in [0.3, 0.4) is 0 Å². The Morgan fingerprint density at radius 3 is 2.67 bits per heavy atom. The first-order valence-electron chi connectivity index (χ1n) is 6.56. The van der Waals surface area contributed by atoms with E-state index >= 15 is 0 Å². The molecule has 0 heterocycles. The maximum atomic E-state index is 12.2. The van der Waals surface area contributed by atoms with Crippen molar-refractivity contribution in [3.63, 3.8) is 0 Å². The lowest BCUT2D eigenvalue weighted by molar-refractivity contribution is 0.0910. The van der Waals surface area contributed by atoms with Gasteiger partial charge in [0.2, 0.25) is 0 Å². The van der Waals surface area contributed by atoms with Crippen LogP contribution in [0.1, 0.15) is 49.0 Å². The minimum Gasteiger partial charge on any atom is -0.399 e. The Bertz CT molecular complexity index is 445. The van der Waals surface area contributed by atoms with Gasteiger partial charge < -0.3 is 11.1 Å². The third-order valence-corrected chi connectivity index (χ3v) is 3.92. The Morgan fingerprint density at radius 1 is 1.39 bits per heavy atom. The first-order valence-corrected chi connectivity index (χ1v) is 6.56. The van der Waals surface area contributed by atoms with Crippen molar-refractivity contribution in [2.45, 2.75) is 46.1 Å². The molecule has 1 aromatic rings. The summed E-state index contributed by atoms with van der Waals surface area (Å²) in [4.78, 5) is 12.2. The summed E-state index contributed by atoms with van der Waals surface area (Å²) in [5.41, 5.74) is 8.30. The lowest BCUT2D eigenvalue weighted by Crippen LogP contribution is -2.41. The number of benzene rings is 1. The van der Waals surface area contributed by atoms with Gasteiger partial charge in [0, 0.05) is 17.3 Å². The van der Waals surface area contributed by atoms with E-state index in [0.717, 1.165) is 12.0 Å². The van der Waals surface area contributed by atoms with Crippen molar-refractivity contribution in [1.29, 1.82) is 0 Å². The van der Waals surface area contributed by atoms with E-state index < -0.39 is 0 Å². The number of carbonyl (C=O) groups excluding carboxylic acids is 1. The Hall–Kier alpha value is -1.51. The van der Waals surface area contributed by atoms with Crippen LogP contribution >= 0.6 is 0 Å². The molecule has 1 amide bonds. The zero-order valence-electron chi connectivity index (χ0n) is 11.4. The number of nitrogen functional groups attached to an aromatic ring is 1.